The summed E-state index contributed by atoms with van der Waals surface area (Å²) in [7, 11) is 1.91. The molecule has 0 fully saturated rings. The second-order valence-electron chi connectivity index (χ2n) is 4.28. The van der Waals surface area contributed by atoms with Crippen LogP contribution in [0.3, 0.4) is 0 Å². The summed E-state index contributed by atoms with van der Waals surface area (Å²) in [6, 6.07) is 5.63. The highest BCUT2D eigenvalue weighted by Gasteiger charge is 2.11. The summed E-state index contributed by atoms with van der Waals surface area (Å²) in [4.78, 5) is 0. The zero-order valence-electron chi connectivity index (χ0n) is 10.7. The lowest BCUT2D eigenvalue weighted by molar-refractivity contribution is 0.292. The number of ether oxygens (including phenoxy) is 1. The van der Waals surface area contributed by atoms with E-state index in [1.54, 1.807) is 0 Å². The lowest BCUT2D eigenvalue weighted by Gasteiger charge is -2.10. The van der Waals surface area contributed by atoms with Crippen molar-refractivity contribution < 1.29 is 4.74 Å². The van der Waals surface area contributed by atoms with Gasteiger partial charge in [0, 0.05) is 12.7 Å². The molecule has 96 valence electrons. The van der Waals surface area contributed by atoms with Gasteiger partial charge in [0.1, 0.15) is 12.4 Å². The summed E-state index contributed by atoms with van der Waals surface area (Å²) in [6.45, 7) is 4.42. The molecule has 0 bridgehead atoms. The minimum atomic E-state index is 0.475. The monoisotopic (exact) mass is 309 g/mol. The number of benzene rings is 1. The highest BCUT2D eigenvalue weighted by atomic mass is 79.9. The van der Waals surface area contributed by atoms with Gasteiger partial charge >= 0.3 is 0 Å². The number of rotatable bonds is 3. The van der Waals surface area contributed by atoms with Crippen LogP contribution in [0.4, 0.5) is 5.69 Å². The van der Waals surface area contributed by atoms with E-state index >= 15 is 0 Å². The summed E-state index contributed by atoms with van der Waals surface area (Å²) in [5.41, 5.74) is 9.47. The van der Waals surface area contributed by atoms with Gasteiger partial charge in [-0.3, -0.25) is 4.68 Å². The SMILES string of the molecule is Cc1cc(N)ccc1OCc1c(Br)c(C)nn1C. The molecule has 4 nitrogen and oxygen atoms in total. The lowest BCUT2D eigenvalue weighted by Crippen LogP contribution is -2.04. The fourth-order valence-electron chi connectivity index (χ4n) is 1.82. The summed E-state index contributed by atoms with van der Waals surface area (Å²) < 4.78 is 8.63. The average molecular weight is 310 g/mol. The fraction of sp³-hybridized carbons (Fsp3) is 0.308. The summed E-state index contributed by atoms with van der Waals surface area (Å²) in [5.74, 6) is 0.843. The van der Waals surface area contributed by atoms with Gasteiger partial charge < -0.3 is 10.5 Å². The molecule has 0 spiro atoms. The number of aryl methyl sites for hydroxylation is 3. The average Bonchev–Trinajstić information content (AvgIpc) is 2.53. The Kier molecular flexibility index (Phi) is 3.61. The molecule has 0 atom stereocenters. The summed E-state index contributed by atoms with van der Waals surface area (Å²) >= 11 is 3.52. The van der Waals surface area contributed by atoms with E-state index < -0.39 is 0 Å². The van der Waals surface area contributed by atoms with Crippen molar-refractivity contribution in [3.63, 3.8) is 0 Å². The van der Waals surface area contributed by atoms with Gasteiger partial charge in [-0.1, -0.05) is 0 Å². The Bertz CT molecular complexity index is 578. The zero-order chi connectivity index (χ0) is 13.3. The molecule has 2 rings (SSSR count). The molecule has 5 heteroatoms. The van der Waals surface area contributed by atoms with Crippen LogP contribution in [0.25, 0.3) is 0 Å². The number of anilines is 1. The third-order valence-electron chi connectivity index (χ3n) is 2.83. The van der Waals surface area contributed by atoms with Gasteiger partial charge in [-0.25, -0.2) is 0 Å². The molecule has 0 saturated carbocycles. The van der Waals surface area contributed by atoms with Crippen LogP contribution in [0.5, 0.6) is 5.75 Å². The number of aromatic nitrogens is 2. The Morgan fingerprint density at radius 2 is 2.11 bits per heavy atom. The number of halogens is 1. The predicted molar refractivity (Wildman–Crippen MR) is 75.6 cm³/mol. The molecule has 0 aliphatic heterocycles. The molecule has 18 heavy (non-hydrogen) atoms. The molecule has 0 aliphatic carbocycles. The molecule has 1 aromatic heterocycles. The highest BCUT2D eigenvalue weighted by molar-refractivity contribution is 9.10. The summed E-state index contributed by atoms with van der Waals surface area (Å²) in [6.07, 6.45) is 0. The zero-order valence-corrected chi connectivity index (χ0v) is 12.3. The van der Waals surface area contributed by atoms with Crippen molar-refractivity contribution in [3.05, 3.63) is 39.6 Å². The first kappa shape index (κ1) is 13.0. The Morgan fingerprint density at radius 3 is 2.67 bits per heavy atom. The van der Waals surface area contributed by atoms with Crippen LogP contribution in [0.2, 0.25) is 0 Å². The molecule has 1 aromatic carbocycles. The molecule has 1 heterocycles. The minimum Gasteiger partial charge on any atom is -0.487 e. The molecule has 0 unspecified atom stereocenters. The molecule has 0 radical (unpaired) electrons. The molecule has 0 aliphatic rings. The van der Waals surface area contributed by atoms with Crippen molar-refractivity contribution in [2.45, 2.75) is 20.5 Å². The van der Waals surface area contributed by atoms with Gasteiger partial charge in [-0.05, 0) is 53.5 Å². The first-order valence-electron chi connectivity index (χ1n) is 5.66. The van der Waals surface area contributed by atoms with Crippen molar-refractivity contribution in [2.24, 2.45) is 7.05 Å². The molecule has 2 aromatic rings. The van der Waals surface area contributed by atoms with Crippen LogP contribution in [-0.4, -0.2) is 9.78 Å². The van der Waals surface area contributed by atoms with Crippen LogP contribution in [0.1, 0.15) is 17.0 Å². The molecular weight excluding hydrogens is 294 g/mol. The molecule has 0 saturated heterocycles. The Morgan fingerprint density at radius 1 is 1.39 bits per heavy atom. The maximum Gasteiger partial charge on any atom is 0.131 e. The third kappa shape index (κ3) is 2.51. The van der Waals surface area contributed by atoms with E-state index in [-0.39, 0.29) is 0 Å². The Hall–Kier alpha value is -1.49. The van der Waals surface area contributed by atoms with E-state index in [0.717, 1.165) is 32.9 Å². The van der Waals surface area contributed by atoms with Crippen molar-refractivity contribution in [1.29, 1.82) is 0 Å². The van der Waals surface area contributed by atoms with Gasteiger partial charge in [0.05, 0.1) is 15.9 Å². The molecule has 0 amide bonds. The topological polar surface area (TPSA) is 53.1 Å². The minimum absolute atomic E-state index is 0.475. The van der Waals surface area contributed by atoms with E-state index in [2.05, 4.69) is 21.0 Å². The number of nitrogen functional groups attached to an aromatic ring is 1. The van der Waals surface area contributed by atoms with Crippen LogP contribution in [0, 0.1) is 13.8 Å². The predicted octanol–water partition coefficient (Wildman–Crippen LogP) is 2.96. The summed E-state index contributed by atoms with van der Waals surface area (Å²) in [5, 5.41) is 4.33. The lowest BCUT2D eigenvalue weighted by atomic mass is 10.2. The number of nitrogens with two attached hydrogens (primary N) is 1. The fourth-order valence-corrected chi connectivity index (χ4v) is 2.27. The van der Waals surface area contributed by atoms with Gasteiger partial charge in [0.25, 0.3) is 0 Å². The van der Waals surface area contributed by atoms with E-state index in [4.69, 9.17) is 10.5 Å². The second kappa shape index (κ2) is 5.02. The van der Waals surface area contributed by atoms with E-state index in [0.29, 0.717) is 6.61 Å². The maximum atomic E-state index is 5.81. The molecular formula is C13H16BrN3O. The Balaban J connectivity index is 2.16. The smallest absolute Gasteiger partial charge is 0.131 e. The normalized spacial score (nSPS) is 10.7. The third-order valence-corrected chi connectivity index (χ3v) is 3.86. The first-order chi connectivity index (χ1) is 8.49. The van der Waals surface area contributed by atoms with E-state index in [9.17, 15) is 0 Å². The second-order valence-corrected chi connectivity index (χ2v) is 5.08. The molecule has 2 N–H and O–H groups in total. The van der Waals surface area contributed by atoms with Gasteiger partial charge in [-0.15, -0.1) is 0 Å². The maximum absolute atomic E-state index is 5.81. The Labute approximate surface area is 115 Å². The van der Waals surface area contributed by atoms with Gasteiger partial charge in [0.2, 0.25) is 0 Å². The standard InChI is InChI=1S/C13H16BrN3O/c1-8-6-10(15)4-5-12(8)18-7-11-13(14)9(2)16-17(11)3/h4-6H,7,15H2,1-3H3. The van der Waals surface area contributed by atoms with Crippen LogP contribution >= 0.6 is 15.9 Å². The quantitative estimate of drug-likeness (QED) is 0.887. The first-order valence-corrected chi connectivity index (χ1v) is 6.45. The highest BCUT2D eigenvalue weighted by Crippen LogP contribution is 2.24. The van der Waals surface area contributed by atoms with Gasteiger partial charge in [-0.2, -0.15) is 5.10 Å². The number of nitrogens with zero attached hydrogens (tertiary/aromatic N) is 2. The van der Waals surface area contributed by atoms with E-state index in [1.807, 2.05) is 43.8 Å². The van der Waals surface area contributed by atoms with Crippen LogP contribution in [-0.2, 0) is 13.7 Å². The van der Waals surface area contributed by atoms with Gasteiger partial charge in [0.15, 0.2) is 0 Å². The van der Waals surface area contributed by atoms with Crippen molar-refractivity contribution >= 4 is 21.6 Å². The van der Waals surface area contributed by atoms with Crippen molar-refractivity contribution in [3.8, 4) is 5.75 Å². The number of hydrogen-bond donors (Lipinski definition) is 1. The number of hydrogen-bond acceptors (Lipinski definition) is 3. The van der Waals surface area contributed by atoms with Crippen LogP contribution < -0.4 is 10.5 Å². The van der Waals surface area contributed by atoms with Crippen molar-refractivity contribution in [1.82, 2.24) is 9.78 Å². The van der Waals surface area contributed by atoms with E-state index in [1.165, 1.54) is 0 Å². The van der Waals surface area contributed by atoms with Crippen LogP contribution in [0.15, 0.2) is 22.7 Å². The largest absolute Gasteiger partial charge is 0.487 e. The van der Waals surface area contributed by atoms with Crippen molar-refractivity contribution in [2.75, 3.05) is 5.73 Å².